The van der Waals surface area contributed by atoms with Crippen LogP contribution in [0.3, 0.4) is 0 Å². The van der Waals surface area contributed by atoms with Gasteiger partial charge in [0, 0.05) is 12.4 Å². The average molecular weight is 151 g/mol. The van der Waals surface area contributed by atoms with E-state index in [0.717, 1.165) is 0 Å². The van der Waals surface area contributed by atoms with Crippen molar-refractivity contribution >= 4 is 6.21 Å². The molecule has 0 aromatic heterocycles. The highest BCUT2D eigenvalue weighted by atomic mass is 14.7. The first-order valence-corrected chi connectivity index (χ1v) is 4.03. The van der Waals surface area contributed by atoms with Crippen molar-refractivity contribution < 1.29 is 0 Å². The van der Waals surface area contributed by atoms with E-state index in [2.05, 4.69) is 32.3 Å². The van der Waals surface area contributed by atoms with Crippen molar-refractivity contribution in [1.29, 1.82) is 0 Å². The van der Waals surface area contributed by atoms with E-state index >= 15 is 0 Å². The van der Waals surface area contributed by atoms with Crippen LogP contribution in [0, 0.1) is 5.92 Å². The third-order valence-electron chi connectivity index (χ3n) is 1.86. The summed E-state index contributed by atoms with van der Waals surface area (Å²) in [5, 5.41) is 0. The van der Waals surface area contributed by atoms with Crippen LogP contribution in [0.5, 0.6) is 0 Å². The lowest BCUT2D eigenvalue weighted by atomic mass is 10.0. The van der Waals surface area contributed by atoms with Crippen molar-refractivity contribution in [2.75, 3.05) is 0 Å². The Bertz CT molecular complexity index is 166. The maximum absolute atomic E-state index is 4.05. The molecule has 0 rings (SSSR count). The maximum atomic E-state index is 4.05. The van der Waals surface area contributed by atoms with E-state index < -0.39 is 0 Å². The summed E-state index contributed by atoms with van der Waals surface area (Å²) in [5.41, 5.74) is 1.32. The highest BCUT2D eigenvalue weighted by Gasteiger charge is 1.98. The van der Waals surface area contributed by atoms with Gasteiger partial charge in [-0.1, -0.05) is 32.1 Å². The summed E-state index contributed by atoms with van der Waals surface area (Å²) in [7, 11) is 0. The molecule has 0 N–H and O–H groups in total. The lowest BCUT2D eigenvalue weighted by Gasteiger charge is -2.06. The number of nitrogens with zero attached hydrogens (tertiary/aromatic N) is 1. The third-order valence-corrected chi connectivity index (χ3v) is 1.86. The van der Waals surface area contributed by atoms with Gasteiger partial charge in [-0.05, 0) is 19.3 Å². The van der Waals surface area contributed by atoms with Gasteiger partial charge in [-0.25, -0.2) is 0 Å². The molecular formula is C10H17N. The first-order chi connectivity index (χ1) is 5.22. The van der Waals surface area contributed by atoms with Crippen LogP contribution in [-0.2, 0) is 0 Å². The molecule has 0 saturated carbocycles. The van der Waals surface area contributed by atoms with Crippen molar-refractivity contribution in [2.24, 2.45) is 10.9 Å². The summed E-state index contributed by atoms with van der Waals surface area (Å²) >= 11 is 0. The number of hydrogen-bond donors (Lipinski definition) is 0. The molecule has 0 fully saturated rings. The molecule has 0 aliphatic rings. The Hall–Kier alpha value is -0.850. The van der Waals surface area contributed by atoms with Gasteiger partial charge in [-0.2, -0.15) is 0 Å². The van der Waals surface area contributed by atoms with Gasteiger partial charge in [0.2, 0.25) is 0 Å². The molecule has 0 aliphatic heterocycles. The van der Waals surface area contributed by atoms with Crippen molar-refractivity contribution in [3.05, 3.63) is 24.4 Å². The van der Waals surface area contributed by atoms with Crippen LogP contribution < -0.4 is 0 Å². The fraction of sp³-hybridized carbons (Fsp3) is 0.500. The fourth-order valence-corrected chi connectivity index (χ4v) is 0.671. The van der Waals surface area contributed by atoms with Gasteiger partial charge in [0.15, 0.2) is 0 Å². The number of aliphatic imine (C=N–C) groups is 1. The summed E-state index contributed by atoms with van der Waals surface area (Å²) in [6, 6.07) is 0. The fourth-order valence-electron chi connectivity index (χ4n) is 0.671. The van der Waals surface area contributed by atoms with Gasteiger partial charge in [0.05, 0.1) is 0 Å². The minimum atomic E-state index is 0.636. The SMILES string of the molecule is C=CC=N/C=C(\C)C(C)CC. The summed E-state index contributed by atoms with van der Waals surface area (Å²) < 4.78 is 0. The Morgan fingerprint density at radius 3 is 2.73 bits per heavy atom. The van der Waals surface area contributed by atoms with E-state index in [1.165, 1.54) is 12.0 Å². The molecule has 62 valence electrons. The number of allylic oxidation sites excluding steroid dienone is 2. The Labute approximate surface area is 69.5 Å². The predicted molar refractivity (Wildman–Crippen MR) is 51.9 cm³/mol. The lowest BCUT2D eigenvalue weighted by Crippen LogP contribution is -1.92. The molecule has 0 radical (unpaired) electrons. The molecule has 0 heterocycles. The van der Waals surface area contributed by atoms with Crippen LogP contribution in [0.15, 0.2) is 29.4 Å². The van der Waals surface area contributed by atoms with Crippen LogP contribution in [-0.4, -0.2) is 6.21 Å². The Balaban J connectivity index is 3.98. The van der Waals surface area contributed by atoms with Crippen molar-refractivity contribution in [3.8, 4) is 0 Å². The molecule has 0 aliphatic carbocycles. The van der Waals surface area contributed by atoms with Crippen molar-refractivity contribution in [1.82, 2.24) is 0 Å². The first-order valence-electron chi connectivity index (χ1n) is 4.03. The van der Waals surface area contributed by atoms with Gasteiger partial charge in [-0.15, -0.1) is 0 Å². The van der Waals surface area contributed by atoms with E-state index in [9.17, 15) is 0 Å². The minimum Gasteiger partial charge on any atom is -0.265 e. The highest BCUT2D eigenvalue weighted by Crippen LogP contribution is 2.12. The van der Waals surface area contributed by atoms with Gasteiger partial charge in [-0.3, -0.25) is 4.99 Å². The molecule has 1 atom stereocenters. The standard InChI is InChI=1S/C10H17N/c1-5-7-11-8-10(4)9(3)6-2/h5,7-9H,1,6H2,2-4H3/b10-8+,11-7?. The second kappa shape index (κ2) is 5.90. The smallest absolute Gasteiger partial charge is 0.0261 e. The molecule has 1 heteroatoms. The molecule has 0 aromatic rings. The Kier molecular flexibility index (Phi) is 5.44. The number of rotatable bonds is 4. The summed E-state index contributed by atoms with van der Waals surface area (Å²) in [4.78, 5) is 4.05. The van der Waals surface area contributed by atoms with Gasteiger partial charge < -0.3 is 0 Å². The van der Waals surface area contributed by atoms with Gasteiger partial charge in [0.1, 0.15) is 0 Å². The molecule has 11 heavy (non-hydrogen) atoms. The predicted octanol–water partition coefficient (Wildman–Crippen LogP) is 3.19. The largest absolute Gasteiger partial charge is 0.265 e. The highest BCUT2D eigenvalue weighted by molar-refractivity contribution is 5.70. The van der Waals surface area contributed by atoms with Crippen LogP contribution >= 0.6 is 0 Å². The van der Waals surface area contributed by atoms with E-state index in [1.807, 2.05) is 6.20 Å². The zero-order chi connectivity index (χ0) is 8.69. The zero-order valence-electron chi connectivity index (χ0n) is 7.67. The van der Waals surface area contributed by atoms with E-state index in [0.29, 0.717) is 5.92 Å². The van der Waals surface area contributed by atoms with E-state index in [-0.39, 0.29) is 0 Å². The molecule has 1 unspecified atom stereocenters. The Morgan fingerprint density at radius 1 is 1.64 bits per heavy atom. The summed E-state index contributed by atoms with van der Waals surface area (Å²) in [6.07, 6.45) is 6.45. The van der Waals surface area contributed by atoms with Crippen LogP contribution in [0.25, 0.3) is 0 Å². The third kappa shape index (κ3) is 4.54. The second-order valence-electron chi connectivity index (χ2n) is 2.72. The minimum absolute atomic E-state index is 0.636. The average Bonchev–Trinajstić information content (AvgIpc) is 2.03. The van der Waals surface area contributed by atoms with E-state index in [4.69, 9.17) is 0 Å². The normalized spacial score (nSPS) is 15.4. The summed E-state index contributed by atoms with van der Waals surface area (Å²) in [6.45, 7) is 10.0. The van der Waals surface area contributed by atoms with Crippen LogP contribution in [0.1, 0.15) is 27.2 Å². The molecule has 0 saturated heterocycles. The van der Waals surface area contributed by atoms with Crippen LogP contribution in [0.2, 0.25) is 0 Å². The Morgan fingerprint density at radius 2 is 2.27 bits per heavy atom. The quantitative estimate of drug-likeness (QED) is 0.547. The van der Waals surface area contributed by atoms with Gasteiger partial charge >= 0.3 is 0 Å². The van der Waals surface area contributed by atoms with Crippen LogP contribution in [0.4, 0.5) is 0 Å². The maximum Gasteiger partial charge on any atom is 0.0261 e. The molecule has 0 bridgehead atoms. The van der Waals surface area contributed by atoms with E-state index in [1.54, 1.807) is 12.3 Å². The second-order valence-corrected chi connectivity index (χ2v) is 2.72. The van der Waals surface area contributed by atoms with Gasteiger partial charge in [0.25, 0.3) is 0 Å². The monoisotopic (exact) mass is 151 g/mol. The molecule has 0 amide bonds. The summed E-state index contributed by atoms with van der Waals surface area (Å²) in [5.74, 6) is 0.636. The zero-order valence-corrected chi connectivity index (χ0v) is 7.67. The molecule has 0 spiro atoms. The molecule has 1 nitrogen and oxygen atoms in total. The first kappa shape index (κ1) is 10.2. The van der Waals surface area contributed by atoms with Crippen molar-refractivity contribution in [3.63, 3.8) is 0 Å². The topological polar surface area (TPSA) is 12.4 Å². The van der Waals surface area contributed by atoms with Crippen molar-refractivity contribution in [2.45, 2.75) is 27.2 Å². The number of hydrogen-bond acceptors (Lipinski definition) is 1. The molecular weight excluding hydrogens is 134 g/mol. The lowest BCUT2D eigenvalue weighted by molar-refractivity contribution is 0.654. The molecule has 0 aromatic carbocycles.